The van der Waals surface area contributed by atoms with Gasteiger partial charge in [0.2, 0.25) is 11.8 Å². The highest BCUT2D eigenvalue weighted by Crippen LogP contribution is 2.35. The van der Waals surface area contributed by atoms with Gasteiger partial charge in [-0.15, -0.1) is 0 Å². The summed E-state index contributed by atoms with van der Waals surface area (Å²) < 4.78 is 13.1. The van der Waals surface area contributed by atoms with Gasteiger partial charge in [-0.3, -0.25) is 33.7 Å². The Morgan fingerprint density at radius 3 is 1.78 bits per heavy atom. The van der Waals surface area contributed by atoms with Crippen molar-refractivity contribution in [3.63, 3.8) is 0 Å². The number of aromatic hydroxyl groups is 2. The van der Waals surface area contributed by atoms with Gasteiger partial charge in [0.1, 0.15) is 0 Å². The van der Waals surface area contributed by atoms with E-state index in [2.05, 4.69) is 15.0 Å². The van der Waals surface area contributed by atoms with Crippen LogP contribution in [0.4, 0.5) is 0 Å². The molecule has 2 atom stereocenters. The average molecular weight is 514 g/mol. The van der Waals surface area contributed by atoms with E-state index in [1.807, 2.05) is 0 Å². The van der Waals surface area contributed by atoms with Crippen molar-refractivity contribution in [2.75, 3.05) is 13.2 Å². The smallest absolute Gasteiger partial charge is 0.331 e. The lowest BCUT2D eigenvalue weighted by atomic mass is 9.90. The molecule has 0 unspecified atom stereocenters. The van der Waals surface area contributed by atoms with Crippen LogP contribution in [0, 0.1) is 0 Å². The molecule has 0 bridgehead atoms. The van der Waals surface area contributed by atoms with Crippen LogP contribution >= 0.6 is 0 Å². The van der Waals surface area contributed by atoms with Crippen LogP contribution in [0.2, 0.25) is 0 Å². The minimum Gasteiger partial charge on any atom is -0.494 e. The van der Waals surface area contributed by atoms with Gasteiger partial charge >= 0.3 is 11.4 Å². The zero-order valence-corrected chi connectivity index (χ0v) is 19.9. The highest BCUT2D eigenvalue weighted by Gasteiger charge is 2.34. The molecule has 0 spiro atoms. The molecule has 3 aromatic rings. The molecule has 13 heteroatoms. The van der Waals surface area contributed by atoms with Gasteiger partial charge < -0.3 is 19.7 Å². The van der Waals surface area contributed by atoms with Gasteiger partial charge in [-0.1, -0.05) is 6.07 Å². The van der Waals surface area contributed by atoms with E-state index in [1.54, 1.807) is 12.1 Å². The first-order valence-corrected chi connectivity index (χ1v) is 12.1. The first kappa shape index (κ1) is 24.7. The van der Waals surface area contributed by atoms with E-state index in [9.17, 15) is 29.4 Å². The van der Waals surface area contributed by atoms with Crippen LogP contribution in [0.3, 0.4) is 0 Å². The molecule has 2 fully saturated rings. The number of H-pyrrole nitrogens is 2. The lowest BCUT2D eigenvalue weighted by Crippen LogP contribution is -2.39. The van der Waals surface area contributed by atoms with Gasteiger partial charge in [-0.05, 0) is 37.8 Å². The summed E-state index contributed by atoms with van der Waals surface area (Å²) in [4.78, 5) is 60.1. The van der Waals surface area contributed by atoms with E-state index in [4.69, 9.17) is 9.47 Å². The summed E-state index contributed by atoms with van der Waals surface area (Å²) in [6.07, 6.45) is 3.65. The van der Waals surface area contributed by atoms with Gasteiger partial charge in [0.25, 0.3) is 11.1 Å². The molecule has 4 N–H and O–H groups in total. The number of hydrogen-bond acceptors (Lipinski definition) is 9. The number of aromatic amines is 2. The van der Waals surface area contributed by atoms with Crippen molar-refractivity contribution in [1.82, 2.24) is 24.1 Å². The van der Waals surface area contributed by atoms with Crippen molar-refractivity contribution < 1.29 is 19.7 Å². The van der Waals surface area contributed by atoms with Gasteiger partial charge in [0, 0.05) is 19.4 Å². The molecule has 0 aromatic carbocycles. The third-order valence-electron chi connectivity index (χ3n) is 6.79. The Hall–Kier alpha value is -3.97. The Morgan fingerprint density at radius 2 is 1.38 bits per heavy atom. The SMILES string of the molecule is O=c1[nH]c(=O)n(C[C@@H]2CCCO2)c(O)c1C(c1ccccn1)c1c(O)n(C[C@@H]2CCCO2)c(=O)[nH]c1=O. The standard InChI is InChI=1S/C24H27N5O8/c30-19-17(21(32)28(23(34)26-19)11-13-5-3-9-36-13)16(15-7-1-2-8-25-15)18-20(31)27-24(35)29(22(18)33)12-14-6-4-10-37-14/h1-2,7-8,13-14,16,32-33H,3-6,9-12H2,(H,26,30,34)(H,27,31,35)/t13-,14-/m0/s1. The maximum Gasteiger partial charge on any atom is 0.331 e. The molecule has 0 saturated carbocycles. The van der Waals surface area contributed by atoms with Crippen molar-refractivity contribution in [2.45, 2.75) is 56.9 Å². The molecule has 2 saturated heterocycles. The summed E-state index contributed by atoms with van der Waals surface area (Å²) in [6, 6.07) is 4.73. The van der Waals surface area contributed by atoms with Crippen LogP contribution in [0.25, 0.3) is 0 Å². The zero-order chi connectivity index (χ0) is 26.1. The normalized spacial score (nSPS) is 19.6. The Labute approximate surface area is 209 Å². The van der Waals surface area contributed by atoms with Gasteiger partial charge in [-0.25, -0.2) is 9.59 Å². The number of hydrogen-bond donors (Lipinski definition) is 4. The monoisotopic (exact) mass is 513 g/mol. The lowest BCUT2D eigenvalue weighted by molar-refractivity contribution is 0.0931. The second-order valence-corrected chi connectivity index (χ2v) is 9.17. The molecule has 3 aromatic heterocycles. The molecule has 37 heavy (non-hydrogen) atoms. The maximum absolute atomic E-state index is 13.1. The van der Waals surface area contributed by atoms with Crippen molar-refractivity contribution in [3.05, 3.63) is 82.9 Å². The highest BCUT2D eigenvalue weighted by atomic mass is 16.5. The third kappa shape index (κ3) is 4.74. The van der Waals surface area contributed by atoms with Gasteiger partial charge in [0.05, 0.1) is 48.0 Å². The molecule has 196 valence electrons. The molecular formula is C24H27N5O8. The summed E-state index contributed by atoms with van der Waals surface area (Å²) in [6.45, 7) is 0.986. The van der Waals surface area contributed by atoms with Gasteiger partial charge in [-0.2, -0.15) is 0 Å². The van der Waals surface area contributed by atoms with Crippen molar-refractivity contribution in [2.24, 2.45) is 0 Å². The number of nitrogens with zero attached hydrogens (tertiary/aromatic N) is 3. The molecule has 5 rings (SSSR count). The minimum atomic E-state index is -1.42. The van der Waals surface area contributed by atoms with Crippen molar-refractivity contribution in [3.8, 4) is 11.8 Å². The Balaban J connectivity index is 1.72. The quantitative estimate of drug-likeness (QED) is 0.331. The molecular weight excluding hydrogens is 486 g/mol. The van der Waals surface area contributed by atoms with Crippen molar-refractivity contribution >= 4 is 0 Å². The Kier molecular flexibility index (Phi) is 6.80. The third-order valence-corrected chi connectivity index (χ3v) is 6.79. The van der Waals surface area contributed by atoms with E-state index in [-0.39, 0.29) is 42.1 Å². The predicted octanol–water partition coefficient (Wildman–Crippen LogP) is -0.269. The molecule has 2 aliphatic rings. The number of aromatic nitrogens is 5. The van der Waals surface area contributed by atoms with E-state index in [0.717, 1.165) is 22.0 Å². The van der Waals surface area contributed by atoms with E-state index < -0.39 is 40.2 Å². The molecule has 5 heterocycles. The summed E-state index contributed by atoms with van der Waals surface area (Å²) in [5, 5.41) is 22.4. The zero-order valence-electron chi connectivity index (χ0n) is 19.9. The molecule has 0 amide bonds. The maximum atomic E-state index is 13.1. The minimum absolute atomic E-state index is 0.0236. The average Bonchev–Trinajstić information content (AvgIpc) is 3.58. The first-order valence-electron chi connectivity index (χ1n) is 12.1. The summed E-state index contributed by atoms with van der Waals surface area (Å²) in [5.41, 5.74) is -4.23. The second kappa shape index (κ2) is 10.2. The highest BCUT2D eigenvalue weighted by molar-refractivity contribution is 5.46. The Morgan fingerprint density at radius 1 is 0.865 bits per heavy atom. The summed E-state index contributed by atoms with van der Waals surface area (Å²) in [5.74, 6) is -2.78. The molecule has 2 aliphatic heterocycles. The Bertz CT molecular complexity index is 1420. The van der Waals surface area contributed by atoms with Crippen LogP contribution < -0.4 is 22.5 Å². The number of rotatable bonds is 7. The van der Waals surface area contributed by atoms with E-state index in [1.165, 1.54) is 12.3 Å². The van der Waals surface area contributed by atoms with Crippen LogP contribution in [-0.4, -0.2) is 59.7 Å². The van der Waals surface area contributed by atoms with Gasteiger partial charge in [0.15, 0.2) is 0 Å². The predicted molar refractivity (Wildman–Crippen MR) is 129 cm³/mol. The fourth-order valence-electron chi connectivity index (χ4n) is 4.98. The topological polar surface area (TPSA) is 182 Å². The van der Waals surface area contributed by atoms with Crippen LogP contribution in [0.5, 0.6) is 11.8 Å². The number of nitrogens with one attached hydrogen (secondary N) is 2. The molecule has 0 radical (unpaired) electrons. The first-order chi connectivity index (χ1) is 17.8. The summed E-state index contributed by atoms with van der Waals surface area (Å²) in [7, 11) is 0. The van der Waals surface area contributed by atoms with Crippen LogP contribution in [-0.2, 0) is 22.6 Å². The summed E-state index contributed by atoms with van der Waals surface area (Å²) >= 11 is 0. The fourth-order valence-corrected chi connectivity index (χ4v) is 4.98. The molecule has 13 nitrogen and oxygen atoms in total. The van der Waals surface area contributed by atoms with Crippen LogP contribution in [0.1, 0.15) is 48.4 Å². The van der Waals surface area contributed by atoms with Crippen LogP contribution in [0.15, 0.2) is 43.6 Å². The molecule has 0 aliphatic carbocycles. The van der Waals surface area contributed by atoms with E-state index >= 15 is 0 Å². The van der Waals surface area contributed by atoms with E-state index in [0.29, 0.717) is 26.1 Å². The van der Waals surface area contributed by atoms with Crippen molar-refractivity contribution in [1.29, 1.82) is 0 Å². The fraction of sp³-hybridized carbons (Fsp3) is 0.458. The number of pyridine rings is 1. The largest absolute Gasteiger partial charge is 0.494 e. The second-order valence-electron chi connectivity index (χ2n) is 9.17. The number of ether oxygens (including phenoxy) is 2. The lowest BCUT2D eigenvalue weighted by Gasteiger charge is -2.22.